The van der Waals surface area contributed by atoms with E-state index < -0.39 is 4.83 Å². The van der Waals surface area contributed by atoms with Crippen LogP contribution < -0.4 is 0 Å². The lowest BCUT2D eigenvalue weighted by Crippen LogP contribution is -2.04. The van der Waals surface area contributed by atoms with Gasteiger partial charge in [0.1, 0.15) is 11.5 Å². The number of aromatic hydroxyl groups is 1. The zero-order valence-corrected chi connectivity index (χ0v) is 9.78. The number of nitriles is 1. The van der Waals surface area contributed by atoms with Crippen LogP contribution in [0.2, 0.25) is 0 Å². The topological polar surface area (TPSA) is 61.1 Å². The lowest BCUT2D eigenvalue weighted by Gasteiger charge is -2.11. The van der Waals surface area contributed by atoms with Crippen LogP contribution in [-0.4, -0.2) is 10.9 Å². The Balaban J connectivity index is 3.17. The fourth-order valence-corrected chi connectivity index (χ4v) is 1.74. The number of carbonyl (C=O) groups excluding carboxylic acids is 1. The molecule has 15 heavy (non-hydrogen) atoms. The molecule has 1 unspecified atom stereocenters. The molecule has 0 fully saturated rings. The minimum atomic E-state index is -0.415. The van der Waals surface area contributed by atoms with E-state index in [0.717, 1.165) is 5.56 Å². The average molecular weight is 268 g/mol. The van der Waals surface area contributed by atoms with Gasteiger partial charge in [-0.1, -0.05) is 22.0 Å². The number of hydrogen-bond donors (Lipinski definition) is 1. The molecule has 3 nitrogen and oxygen atoms in total. The molecule has 0 saturated heterocycles. The highest BCUT2D eigenvalue weighted by molar-refractivity contribution is 9.09. The molecule has 1 N–H and O–H groups in total. The summed E-state index contributed by atoms with van der Waals surface area (Å²) in [5.74, 6) is 0.0760. The van der Waals surface area contributed by atoms with Crippen molar-refractivity contribution in [1.29, 1.82) is 5.26 Å². The Morgan fingerprint density at radius 1 is 1.67 bits per heavy atom. The number of phenolic OH excluding ortho intramolecular Hbond substituents is 1. The third-order valence-electron chi connectivity index (χ3n) is 2.03. The zero-order valence-electron chi connectivity index (χ0n) is 8.20. The van der Waals surface area contributed by atoms with Gasteiger partial charge in [0, 0.05) is 0 Å². The molecule has 1 atom stereocenters. The van der Waals surface area contributed by atoms with E-state index >= 15 is 0 Å². The number of ketones is 1. The summed E-state index contributed by atoms with van der Waals surface area (Å²) < 4.78 is 0. The van der Waals surface area contributed by atoms with E-state index in [4.69, 9.17) is 5.26 Å². The molecule has 0 radical (unpaired) electrons. The lowest BCUT2D eigenvalue weighted by molar-refractivity contribution is -0.116. The molecular weight excluding hydrogens is 258 g/mol. The van der Waals surface area contributed by atoms with E-state index in [9.17, 15) is 9.90 Å². The summed E-state index contributed by atoms with van der Waals surface area (Å²) in [5.41, 5.74) is 1.41. The van der Waals surface area contributed by atoms with Crippen LogP contribution in [0.4, 0.5) is 0 Å². The van der Waals surface area contributed by atoms with Crippen molar-refractivity contribution in [2.75, 3.05) is 0 Å². The van der Waals surface area contributed by atoms with E-state index in [-0.39, 0.29) is 18.0 Å². The van der Waals surface area contributed by atoms with Crippen LogP contribution in [0.15, 0.2) is 18.2 Å². The van der Waals surface area contributed by atoms with E-state index in [2.05, 4.69) is 15.9 Å². The molecule has 1 aromatic rings. The van der Waals surface area contributed by atoms with Crippen molar-refractivity contribution in [3.63, 3.8) is 0 Å². The van der Waals surface area contributed by atoms with Crippen molar-refractivity contribution in [2.24, 2.45) is 0 Å². The third kappa shape index (κ3) is 2.80. The highest BCUT2D eigenvalue weighted by Gasteiger charge is 2.16. The molecule has 0 aliphatic rings. The first-order valence-corrected chi connectivity index (χ1v) is 5.31. The second kappa shape index (κ2) is 4.94. The molecule has 0 heterocycles. The molecule has 0 aliphatic carbocycles. The fourth-order valence-electron chi connectivity index (χ4n) is 1.30. The maximum atomic E-state index is 11.2. The first-order chi connectivity index (χ1) is 7.06. The SMILES string of the molecule is CC(=O)C(Br)c1ccc(O)cc1CC#N. The Labute approximate surface area is 96.5 Å². The van der Waals surface area contributed by atoms with E-state index in [1.165, 1.54) is 19.1 Å². The molecule has 78 valence electrons. The number of halogens is 1. The quantitative estimate of drug-likeness (QED) is 0.856. The summed E-state index contributed by atoms with van der Waals surface area (Å²) in [7, 11) is 0. The lowest BCUT2D eigenvalue weighted by atomic mass is 10.0. The molecule has 4 heteroatoms. The molecule has 1 rings (SSSR count). The van der Waals surface area contributed by atoms with Crippen LogP contribution in [0.3, 0.4) is 0 Å². The smallest absolute Gasteiger partial charge is 0.147 e. The Morgan fingerprint density at radius 2 is 2.33 bits per heavy atom. The molecule has 0 saturated carbocycles. The molecular formula is C11H10BrNO2. The Kier molecular flexibility index (Phi) is 3.87. The largest absolute Gasteiger partial charge is 0.508 e. The maximum Gasteiger partial charge on any atom is 0.147 e. The van der Waals surface area contributed by atoms with Crippen molar-refractivity contribution in [3.05, 3.63) is 29.3 Å². The third-order valence-corrected chi connectivity index (χ3v) is 3.16. The number of hydrogen-bond acceptors (Lipinski definition) is 3. The summed E-state index contributed by atoms with van der Waals surface area (Å²) in [6, 6.07) is 6.67. The second-order valence-electron chi connectivity index (χ2n) is 3.19. The molecule has 0 amide bonds. The van der Waals surface area contributed by atoms with Crippen LogP contribution >= 0.6 is 15.9 Å². The van der Waals surface area contributed by atoms with Gasteiger partial charge in [0.2, 0.25) is 0 Å². The normalized spacial score (nSPS) is 11.8. The summed E-state index contributed by atoms with van der Waals surface area (Å²) in [4.78, 5) is 10.8. The molecule has 1 aromatic carbocycles. The number of rotatable bonds is 3. The minimum Gasteiger partial charge on any atom is -0.508 e. The van der Waals surface area contributed by atoms with Crippen molar-refractivity contribution >= 4 is 21.7 Å². The van der Waals surface area contributed by atoms with Gasteiger partial charge in [0.25, 0.3) is 0 Å². The summed E-state index contributed by atoms with van der Waals surface area (Å²) in [6.07, 6.45) is 0.180. The predicted molar refractivity (Wildman–Crippen MR) is 59.8 cm³/mol. The number of alkyl halides is 1. The first kappa shape index (κ1) is 11.7. The highest BCUT2D eigenvalue weighted by atomic mass is 79.9. The van der Waals surface area contributed by atoms with Gasteiger partial charge in [-0.25, -0.2) is 0 Å². The van der Waals surface area contributed by atoms with Crippen molar-refractivity contribution < 1.29 is 9.90 Å². The number of nitrogens with zero attached hydrogens (tertiary/aromatic N) is 1. The summed E-state index contributed by atoms with van der Waals surface area (Å²) in [5, 5.41) is 17.9. The van der Waals surface area contributed by atoms with Gasteiger partial charge >= 0.3 is 0 Å². The van der Waals surface area contributed by atoms with Crippen LogP contribution in [0.1, 0.15) is 22.9 Å². The Bertz CT molecular complexity index is 423. The van der Waals surface area contributed by atoms with Crippen LogP contribution in [0.5, 0.6) is 5.75 Å². The number of phenols is 1. The first-order valence-electron chi connectivity index (χ1n) is 4.39. The van der Waals surface area contributed by atoms with Crippen LogP contribution in [0.25, 0.3) is 0 Å². The molecule has 0 bridgehead atoms. The van der Waals surface area contributed by atoms with Gasteiger partial charge in [0.15, 0.2) is 0 Å². The van der Waals surface area contributed by atoms with Gasteiger partial charge in [-0.2, -0.15) is 5.26 Å². The van der Waals surface area contributed by atoms with Crippen molar-refractivity contribution in [3.8, 4) is 11.8 Å². The van der Waals surface area contributed by atoms with Gasteiger partial charge in [-0.3, -0.25) is 4.79 Å². The van der Waals surface area contributed by atoms with Crippen LogP contribution in [-0.2, 0) is 11.2 Å². The second-order valence-corrected chi connectivity index (χ2v) is 4.11. The zero-order chi connectivity index (χ0) is 11.4. The Hall–Kier alpha value is -1.34. The predicted octanol–water partition coefficient (Wildman–Crippen LogP) is 2.48. The number of Topliss-reactive ketones (excluding diaryl/α,β-unsaturated/α-hetero) is 1. The van der Waals surface area contributed by atoms with Gasteiger partial charge in [-0.05, 0) is 30.2 Å². The summed E-state index contributed by atoms with van der Waals surface area (Å²) >= 11 is 3.26. The molecule has 0 aliphatic heterocycles. The Morgan fingerprint density at radius 3 is 2.87 bits per heavy atom. The maximum absolute atomic E-state index is 11.2. The fraction of sp³-hybridized carbons (Fsp3) is 0.273. The molecule has 0 spiro atoms. The van der Waals surface area contributed by atoms with Gasteiger partial charge in [-0.15, -0.1) is 0 Å². The van der Waals surface area contributed by atoms with Crippen molar-refractivity contribution in [1.82, 2.24) is 0 Å². The van der Waals surface area contributed by atoms with Crippen molar-refractivity contribution in [2.45, 2.75) is 18.2 Å². The monoisotopic (exact) mass is 267 g/mol. The standard InChI is InChI=1S/C11H10BrNO2/c1-7(14)11(12)10-3-2-9(15)6-8(10)4-5-13/h2-3,6,11,15H,4H2,1H3. The average Bonchev–Trinajstić information content (AvgIpc) is 2.17. The highest BCUT2D eigenvalue weighted by Crippen LogP contribution is 2.29. The van der Waals surface area contributed by atoms with Gasteiger partial charge < -0.3 is 5.11 Å². The van der Waals surface area contributed by atoms with E-state index in [0.29, 0.717) is 5.56 Å². The molecule has 0 aromatic heterocycles. The van der Waals surface area contributed by atoms with E-state index in [1.54, 1.807) is 6.07 Å². The number of benzene rings is 1. The van der Waals surface area contributed by atoms with Gasteiger partial charge in [0.05, 0.1) is 17.3 Å². The van der Waals surface area contributed by atoms with Crippen LogP contribution in [0, 0.1) is 11.3 Å². The number of carbonyl (C=O) groups is 1. The van der Waals surface area contributed by atoms with E-state index in [1.807, 2.05) is 6.07 Å². The summed E-state index contributed by atoms with van der Waals surface area (Å²) in [6.45, 7) is 1.47. The minimum absolute atomic E-state index is 0.0279.